The van der Waals surface area contributed by atoms with E-state index in [1.165, 1.54) is 12.3 Å². The Morgan fingerprint density at radius 1 is 1.62 bits per heavy atom. The summed E-state index contributed by atoms with van der Waals surface area (Å²) in [5, 5.41) is 15.1. The molecule has 0 aliphatic heterocycles. The molecule has 0 saturated carbocycles. The monoisotopic (exact) mass is 226 g/mol. The van der Waals surface area contributed by atoms with Gasteiger partial charge >= 0.3 is 0 Å². The predicted octanol–water partition coefficient (Wildman–Crippen LogP) is 1.20. The average molecular weight is 226 g/mol. The smallest absolute Gasteiger partial charge is 0.273 e. The van der Waals surface area contributed by atoms with E-state index in [-0.39, 0.29) is 23.6 Å². The van der Waals surface area contributed by atoms with Crippen molar-refractivity contribution in [1.29, 1.82) is 0 Å². The third-order valence-corrected chi connectivity index (χ3v) is 2.41. The summed E-state index contributed by atoms with van der Waals surface area (Å²) >= 11 is 0. The zero-order valence-electron chi connectivity index (χ0n) is 9.69. The Bertz CT molecular complexity index is 320. The van der Waals surface area contributed by atoms with Gasteiger partial charge in [0.2, 0.25) is 0 Å². The van der Waals surface area contributed by atoms with Crippen molar-refractivity contribution in [1.82, 2.24) is 10.5 Å². The fourth-order valence-corrected chi connectivity index (χ4v) is 1.39. The Morgan fingerprint density at radius 3 is 2.94 bits per heavy atom. The van der Waals surface area contributed by atoms with Crippen LogP contribution in [0.4, 0.5) is 0 Å². The fourth-order valence-electron chi connectivity index (χ4n) is 1.39. The second kappa shape index (κ2) is 5.65. The highest BCUT2D eigenvalue weighted by Crippen LogP contribution is 2.20. The van der Waals surface area contributed by atoms with E-state index in [1.807, 2.05) is 13.8 Å². The number of carbonyl (C=O) groups excluding carboxylic acids is 1. The summed E-state index contributed by atoms with van der Waals surface area (Å²) in [5.74, 6) is -0.231. The van der Waals surface area contributed by atoms with Gasteiger partial charge in [0.15, 0.2) is 5.69 Å². The third-order valence-electron chi connectivity index (χ3n) is 2.41. The highest BCUT2D eigenvalue weighted by Gasteiger charge is 2.19. The van der Waals surface area contributed by atoms with Gasteiger partial charge in [-0.1, -0.05) is 19.0 Å². The summed E-state index contributed by atoms with van der Waals surface area (Å²) in [6.45, 7) is 4.83. The summed E-state index contributed by atoms with van der Waals surface area (Å²) in [4.78, 5) is 11.5. The number of carbonyl (C=O) groups is 1. The molecule has 16 heavy (non-hydrogen) atoms. The Morgan fingerprint density at radius 2 is 2.38 bits per heavy atom. The Balaban J connectivity index is 2.36. The van der Waals surface area contributed by atoms with E-state index in [4.69, 9.17) is 5.11 Å². The zero-order chi connectivity index (χ0) is 12.0. The standard InChI is InChI=1S/C11H18N2O3/c1-11(2,5-3-6-14)8-12-10(15)9-4-7-16-13-9/h4,7,14H,3,5-6,8H2,1-2H3,(H,12,15). The van der Waals surface area contributed by atoms with Gasteiger partial charge in [-0.3, -0.25) is 4.79 Å². The van der Waals surface area contributed by atoms with Crippen molar-refractivity contribution < 1.29 is 14.4 Å². The minimum absolute atomic E-state index is 0.0257. The first-order valence-electron chi connectivity index (χ1n) is 5.34. The first kappa shape index (κ1) is 12.7. The first-order valence-corrected chi connectivity index (χ1v) is 5.34. The molecule has 1 aromatic heterocycles. The first-order chi connectivity index (χ1) is 7.55. The van der Waals surface area contributed by atoms with Gasteiger partial charge in [-0.15, -0.1) is 0 Å². The molecule has 0 fully saturated rings. The van der Waals surface area contributed by atoms with Crippen molar-refractivity contribution in [3.8, 4) is 0 Å². The van der Waals surface area contributed by atoms with Crippen LogP contribution in [-0.4, -0.2) is 29.3 Å². The second-order valence-electron chi connectivity index (χ2n) is 4.56. The third kappa shape index (κ3) is 4.02. The summed E-state index contributed by atoms with van der Waals surface area (Å²) < 4.78 is 4.59. The molecule has 1 aromatic rings. The number of amides is 1. The molecule has 0 aromatic carbocycles. The van der Waals surface area contributed by atoms with Crippen molar-refractivity contribution in [2.24, 2.45) is 5.41 Å². The van der Waals surface area contributed by atoms with Crippen LogP contribution in [0.1, 0.15) is 37.2 Å². The molecule has 0 spiro atoms. The number of rotatable bonds is 6. The lowest BCUT2D eigenvalue weighted by Gasteiger charge is -2.24. The molecule has 0 bridgehead atoms. The van der Waals surface area contributed by atoms with E-state index in [9.17, 15) is 4.79 Å². The molecule has 0 aliphatic carbocycles. The molecule has 0 atom stereocenters. The molecule has 1 heterocycles. The average Bonchev–Trinajstić information content (AvgIpc) is 2.77. The number of nitrogens with one attached hydrogen (secondary N) is 1. The van der Waals surface area contributed by atoms with E-state index in [0.717, 1.165) is 12.8 Å². The fraction of sp³-hybridized carbons (Fsp3) is 0.636. The molecule has 1 rings (SSSR count). The minimum atomic E-state index is -0.231. The lowest BCUT2D eigenvalue weighted by Crippen LogP contribution is -2.34. The van der Waals surface area contributed by atoms with Crippen molar-refractivity contribution in [2.75, 3.05) is 13.2 Å². The predicted molar refractivity (Wildman–Crippen MR) is 58.9 cm³/mol. The topological polar surface area (TPSA) is 75.4 Å². The van der Waals surface area contributed by atoms with Gasteiger partial charge in [0.1, 0.15) is 6.26 Å². The number of aliphatic hydroxyl groups excluding tert-OH is 1. The van der Waals surface area contributed by atoms with Crippen LogP contribution in [0.5, 0.6) is 0 Å². The molecule has 5 heteroatoms. The van der Waals surface area contributed by atoms with Crippen LogP contribution in [0.15, 0.2) is 16.9 Å². The molecule has 1 amide bonds. The van der Waals surface area contributed by atoms with Gasteiger partial charge in [-0.25, -0.2) is 0 Å². The van der Waals surface area contributed by atoms with Crippen LogP contribution in [-0.2, 0) is 0 Å². The summed E-state index contributed by atoms with van der Waals surface area (Å²) in [7, 11) is 0. The molecular weight excluding hydrogens is 208 g/mol. The maximum absolute atomic E-state index is 11.5. The van der Waals surface area contributed by atoms with Crippen LogP contribution in [0.2, 0.25) is 0 Å². The minimum Gasteiger partial charge on any atom is -0.396 e. The van der Waals surface area contributed by atoms with E-state index >= 15 is 0 Å². The number of aliphatic hydroxyl groups is 1. The maximum atomic E-state index is 11.5. The molecule has 0 saturated heterocycles. The molecule has 2 N–H and O–H groups in total. The van der Waals surface area contributed by atoms with Crippen LogP contribution < -0.4 is 5.32 Å². The van der Waals surface area contributed by atoms with E-state index in [2.05, 4.69) is 15.0 Å². The van der Waals surface area contributed by atoms with Gasteiger partial charge < -0.3 is 14.9 Å². The largest absolute Gasteiger partial charge is 0.396 e. The SMILES string of the molecule is CC(C)(CCCO)CNC(=O)c1ccon1. The quantitative estimate of drug-likeness (QED) is 0.764. The lowest BCUT2D eigenvalue weighted by molar-refractivity contribution is 0.0924. The second-order valence-corrected chi connectivity index (χ2v) is 4.56. The molecule has 0 radical (unpaired) electrons. The van der Waals surface area contributed by atoms with Gasteiger partial charge in [-0.2, -0.15) is 0 Å². The van der Waals surface area contributed by atoms with Crippen molar-refractivity contribution >= 4 is 5.91 Å². The summed E-state index contributed by atoms with van der Waals surface area (Å²) in [6.07, 6.45) is 2.97. The molecule has 0 aliphatic rings. The Kier molecular flexibility index (Phi) is 4.49. The van der Waals surface area contributed by atoms with E-state index < -0.39 is 0 Å². The molecule has 5 nitrogen and oxygen atoms in total. The number of nitrogens with zero attached hydrogens (tertiary/aromatic N) is 1. The van der Waals surface area contributed by atoms with Gasteiger partial charge in [0.05, 0.1) is 0 Å². The number of hydrogen-bond donors (Lipinski definition) is 2. The van der Waals surface area contributed by atoms with Crippen LogP contribution in [0, 0.1) is 5.41 Å². The van der Waals surface area contributed by atoms with E-state index in [1.54, 1.807) is 0 Å². The maximum Gasteiger partial charge on any atom is 0.273 e. The van der Waals surface area contributed by atoms with Crippen LogP contribution in [0.3, 0.4) is 0 Å². The van der Waals surface area contributed by atoms with Crippen molar-refractivity contribution in [3.63, 3.8) is 0 Å². The normalized spacial score (nSPS) is 11.4. The summed E-state index contributed by atoms with van der Waals surface area (Å²) in [5.41, 5.74) is 0.264. The molecule has 0 unspecified atom stereocenters. The number of aromatic nitrogens is 1. The van der Waals surface area contributed by atoms with Gasteiger partial charge in [-0.05, 0) is 18.3 Å². The van der Waals surface area contributed by atoms with Gasteiger partial charge in [0, 0.05) is 19.2 Å². The molecular formula is C11H18N2O3. The molecule has 90 valence electrons. The van der Waals surface area contributed by atoms with Crippen LogP contribution in [0.25, 0.3) is 0 Å². The lowest BCUT2D eigenvalue weighted by atomic mass is 9.88. The van der Waals surface area contributed by atoms with Crippen molar-refractivity contribution in [2.45, 2.75) is 26.7 Å². The summed E-state index contributed by atoms with van der Waals surface area (Å²) in [6, 6.07) is 1.52. The highest BCUT2D eigenvalue weighted by atomic mass is 16.5. The zero-order valence-corrected chi connectivity index (χ0v) is 9.69. The Hall–Kier alpha value is -1.36. The number of hydrogen-bond acceptors (Lipinski definition) is 4. The highest BCUT2D eigenvalue weighted by molar-refractivity contribution is 5.91. The van der Waals surface area contributed by atoms with Crippen LogP contribution >= 0.6 is 0 Å². The van der Waals surface area contributed by atoms with Gasteiger partial charge in [0.25, 0.3) is 5.91 Å². The van der Waals surface area contributed by atoms with Crippen molar-refractivity contribution in [3.05, 3.63) is 18.0 Å². The Labute approximate surface area is 94.8 Å². The van der Waals surface area contributed by atoms with E-state index in [0.29, 0.717) is 6.54 Å².